The maximum absolute atomic E-state index is 13.7. The molecule has 3 aromatic rings. The van der Waals surface area contributed by atoms with Gasteiger partial charge < -0.3 is 9.64 Å². The minimum Gasteiger partial charge on any atom is -0.444 e. The van der Waals surface area contributed by atoms with Crippen LogP contribution < -0.4 is 0 Å². The van der Waals surface area contributed by atoms with Crippen LogP contribution >= 0.6 is 22.9 Å². The lowest BCUT2D eigenvalue weighted by Crippen LogP contribution is -2.63. The molecule has 9 heteroatoms. The normalized spacial score (nSPS) is 29.1. The molecule has 2 bridgehead atoms. The fourth-order valence-corrected chi connectivity index (χ4v) is 8.49. The molecule has 4 unspecified atom stereocenters. The summed E-state index contributed by atoms with van der Waals surface area (Å²) in [6, 6.07) is 7.87. The van der Waals surface area contributed by atoms with Crippen molar-refractivity contribution in [3.05, 3.63) is 57.3 Å². The van der Waals surface area contributed by atoms with E-state index in [0.717, 1.165) is 59.4 Å². The number of piperidine rings is 1. The number of fused-ring (bicyclic) bond motifs is 3. The summed E-state index contributed by atoms with van der Waals surface area (Å²) in [7, 11) is 1.88. The van der Waals surface area contributed by atoms with E-state index in [1.807, 2.05) is 62.7 Å². The van der Waals surface area contributed by atoms with E-state index in [-0.39, 0.29) is 35.0 Å². The zero-order chi connectivity index (χ0) is 29.5. The molecule has 41 heavy (non-hydrogen) atoms. The molecule has 4 heterocycles. The quantitative estimate of drug-likeness (QED) is 0.309. The van der Waals surface area contributed by atoms with Crippen LogP contribution in [-0.4, -0.2) is 61.5 Å². The Hall–Kier alpha value is -2.71. The van der Waals surface area contributed by atoms with Crippen molar-refractivity contribution in [2.75, 3.05) is 7.05 Å². The molecule has 3 aliphatic rings. The van der Waals surface area contributed by atoms with Crippen molar-refractivity contribution < 1.29 is 14.3 Å². The maximum atomic E-state index is 13.7. The fourth-order valence-electron chi connectivity index (χ4n) is 7.35. The Morgan fingerprint density at radius 2 is 1.78 bits per heavy atom. The highest BCUT2D eigenvalue weighted by Crippen LogP contribution is 2.57. The Bertz CT molecular complexity index is 1530. The number of halogens is 1. The average Bonchev–Trinajstić information content (AvgIpc) is 3.47. The highest BCUT2D eigenvalue weighted by Gasteiger charge is 2.59. The van der Waals surface area contributed by atoms with E-state index in [0.29, 0.717) is 16.5 Å². The van der Waals surface area contributed by atoms with Crippen LogP contribution in [0.1, 0.15) is 106 Å². The van der Waals surface area contributed by atoms with E-state index in [1.54, 1.807) is 11.3 Å². The van der Waals surface area contributed by atoms with Crippen LogP contribution in [0.3, 0.4) is 0 Å². The van der Waals surface area contributed by atoms with Gasteiger partial charge in [0, 0.05) is 46.1 Å². The Morgan fingerprint density at radius 3 is 2.41 bits per heavy atom. The van der Waals surface area contributed by atoms with Gasteiger partial charge in [0.25, 0.3) is 5.91 Å². The van der Waals surface area contributed by atoms with Gasteiger partial charge in [-0.3, -0.25) is 9.69 Å². The lowest BCUT2D eigenvalue weighted by molar-refractivity contribution is -0.0471. The number of hydrogen-bond acceptors (Lipinski definition) is 6. The van der Waals surface area contributed by atoms with Gasteiger partial charge in [0.2, 0.25) is 0 Å². The minimum atomic E-state index is -0.553. The summed E-state index contributed by atoms with van der Waals surface area (Å²) in [6.45, 7) is 11.9. The van der Waals surface area contributed by atoms with Crippen molar-refractivity contribution >= 4 is 45.2 Å². The summed E-state index contributed by atoms with van der Waals surface area (Å²) in [5.74, 6) is 1.35. The molecule has 0 spiro atoms. The smallest absolute Gasteiger partial charge is 0.411 e. The predicted octanol–water partition coefficient (Wildman–Crippen LogP) is 7.71. The van der Waals surface area contributed by atoms with Gasteiger partial charge in [-0.25, -0.2) is 14.8 Å². The van der Waals surface area contributed by atoms with Gasteiger partial charge in [0.15, 0.2) is 0 Å². The van der Waals surface area contributed by atoms with Crippen LogP contribution in [0.25, 0.3) is 10.2 Å². The lowest BCUT2D eigenvalue weighted by Gasteiger charge is -2.52. The number of ether oxygens (including phenoxy) is 1. The molecule has 1 aromatic carbocycles. The van der Waals surface area contributed by atoms with Crippen LogP contribution in [0, 0.1) is 6.92 Å². The first-order valence-electron chi connectivity index (χ1n) is 14.5. The number of benzene rings is 1. The number of aromatic nitrogens is 2. The highest BCUT2D eigenvalue weighted by atomic mass is 35.5. The van der Waals surface area contributed by atoms with Gasteiger partial charge in [-0.15, -0.1) is 11.3 Å². The van der Waals surface area contributed by atoms with Crippen molar-refractivity contribution in [2.45, 2.75) is 108 Å². The largest absolute Gasteiger partial charge is 0.444 e. The first-order valence-corrected chi connectivity index (χ1v) is 15.8. The predicted molar refractivity (Wildman–Crippen MR) is 163 cm³/mol. The summed E-state index contributed by atoms with van der Waals surface area (Å²) >= 11 is 8.47. The molecule has 2 saturated heterocycles. The second-order valence-corrected chi connectivity index (χ2v) is 15.1. The molecule has 218 valence electrons. The summed E-state index contributed by atoms with van der Waals surface area (Å²) < 4.78 is 5.79. The molecule has 4 atom stereocenters. The number of carbonyl (C=O) groups excluding carboxylic acids is 2. The second kappa shape index (κ2) is 9.66. The second-order valence-electron chi connectivity index (χ2n) is 13.8. The SMILES string of the molecule is Cc1nc(C2CC2c2ccc(C(=O)N(C)C3CC4(C)CCC(C)(C3)N4C(=O)OC(C)(C)C)cc2Cl)c2ccsc2n1. The van der Waals surface area contributed by atoms with E-state index in [2.05, 4.69) is 30.3 Å². The fraction of sp³-hybridized carbons (Fsp3) is 0.562. The van der Waals surface area contributed by atoms with Gasteiger partial charge in [-0.2, -0.15) is 0 Å². The maximum Gasteiger partial charge on any atom is 0.411 e. The Balaban J connectivity index is 1.17. The summed E-state index contributed by atoms with van der Waals surface area (Å²) in [6.07, 6.45) is 3.96. The van der Waals surface area contributed by atoms with Gasteiger partial charge in [-0.05, 0) is 109 Å². The van der Waals surface area contributed by atoms with Crippen LogP contribution in [0.4, 0.5) is 4.79 Å². The highest BCUT2D eigenvalue weighted by molar-refractivity contribution is 7.16. The molecular weight excluding hydrogens is 556 g/mol. The first kappa shape index (κ1) is 28.4. The van der Waals surface area contributed by atoms with Gasteiger partial charge in [-0.1, -0.05) is 17.7 Å². The molecule has 1 aliphatic carbocycles. The van der Waals surface area contributed by atoms with Gasteiger partial charge >= 0.3 is 6.09 Å². The van der Waals surface area contributed by atoms with E-state index in [9.17, 15) is 9.59 Å². The third kappa shape index (κ3) is 5.01. The average molecular weight is 595 g/mol. The summed E-state index contributed by atoms with van der Waals surface area (Å²) in [5.41, 5.74) is 1.49. The standard InChI is InChI=1S/C32H39ClN4O3S/c1-18-34-26(22-10-13-41-27(22)35-18)24-15-23(24)21-9-8-19(14-25(21)33)28(38)36(7)20-16-31(5)11-12-32(6,17-20)37(31)29(39)40-30(2,3)4/h8-10,13-14,20,23-24H,11-12,15-17H2,1-7H3. The Labute approximate surface area is 251 Å². The van der Waals surface area contributed by atoms with Crippen molar-refractivity contribution in [1.82, 2.24) is 19.8 Å². The molecule has 0 radical (unpaired) electrons. The minimum absolute atomic E-state index is 0.0129. The lowest BCUT2D eigenvalue weighted by atomic mass is 9.81. The topological polar surface area (TPSA) is 75.6 Å². The van der Waals surface area contributed by atoms with Crippen LogP contribution in [0.15, 0.2) is 29.6 Å². The van der Waals surface area contributed by atoms with Gasteiger partial charge in [0.1, 0.15) is 16.3 Å². The number of thiophene rings is 1. The Kier molecular flexibility index (Phi) is 6.70. The molecular formula is C32H39ClN4O3S. The third-order valence-corrected chi connectivity index (χ3v) is 10.5. The Morgan fingerprint density at radius 1 is 1.10 bits per heavy atom. The molecule has 6 rings (SSSR count). The number of aryl methyl sites for hydroxylation is 1. The van der Waals surface area contributed by atoms with Crippen molar-refractivity contribution in [2.24, 2.45) is 0 Å². The van der Waals surface area contributed by atoms with E-state index in [1.165, 1.54) is 0 Å². The molecule has 3 fully saturated rings. The summed E-state index contributed by atoms with van der Waals surface area (Å²) in [5, 5.41) is 3.83. The van der Waals surface area contributed by atoms with Crippen molar-refractivity contribution in [1.29, 1.82) is 0 Å². The molecule has 2 aliphatic heterocycles. The molecule has 2 amide bonds. The van der Waals surface area contributed by atoms with Crippen LogP contribution in [0.2, 0.25) is 5.02 Å². The number of rotatable bonds is 4. The van der Waals surface area contributed by atoms with Crippen LogP contribution in [0.5, 0.6) is 0 Å². The van der Waals surface area contributed by atoms with Crippen LogP contribution in [-0.2, 0) is 4.74 Å². The van der Waals surface area contributed by atoms with E-state index < -0.39 is 5.60 Å². The van der Waals surface area contributed by atoms with E-state index >= 15 is 0 Å². The third-order valence-electron chi connectivity index (χ3n) is 9.33. The van der Waals surface area contributed by atoms with Gasteiger partial charge in [0.05, 0.1) is 5.69 Å². The van der Waals surface area contributed by atoms with E-state index in [4.69, 9.17) is 21.3 Å². The number of carbonyl (C=O) groups is 2. The zero-order valence-electron chi connectivity index (χ0n) is 25.0. The number of nitrogens with zero attached hydrogens (tertiary/aromatic N) is 4. The summed E-state index contributed by atoms with van der Waals surface area (Å²) in [4.78, 5) is 41.2. The molecule has 7 nitrogen and oxygen atoms in total. The molecule has 2 aromatic heterocycles. The van der Waals surface area contributed by atoms with Crippen molar-refractivity contribution in [3.63, 3.8) is 0 Å². The zero-order valence-corrected chi connectivity index (χ0v) is 26.5. The number of hydrogen-bond donors (Lipinski definition) is 0. The molecule has 0 N–H and O–H groups in total. The van der Waals surface area contributed by atoms with Crippen molar-refractivity contribution in [3.8, 4) is 0 Å². The molecule has 1 saturated carbocycles. The first-order chi connectivity index (χ1) is 19.2. The monoisotopic (exact) mass is 594 g/mol. The number of amides is 2.